The van der Waals surface area contributed by atoms with E-state index in [0.29, 0.717) is 42.0 Å². The highest BCUT2D eigenvalue weighted by Gasteiger charge is 2.36. The van der Waals surface area contributed by atoms with E-state index >= 15 is 0 Å². The summed E-state index contributed by atoms with van der Waals surface area (Å²) in [6.45, 7) is 1.38. The lowest BCUT2D eigenvalue weighted by atomic mass is 10.0. The number of amides is 2. The number of anilines is 1. The molecule has 5 nitrogen and oxygen atoms in total. The SMILES string of the molecule is CN1C2CCC1CN(C(=O)Nc1cccc(-c3ccccc3OC(F)(F)F)c1)CC2. The van der Waals surface area contributed by atoms with Crippen LogP contribution in [0.5, 0.6) is 5.75 Å². The lowest BCUT2D eigenvalue weighted by Gasteiger charge is -2.26. The van der Waals surface area contributed by atoms with E-state index in [1.807, 2.05) is 4.90 Å². The molecule has 2 unspecified atom stereocenters. The van der Waals surface area contributed by atoms with Crippen LogP contribution in [0.15, 0.2) is 48.5 Å². The van der Waals surface area contributed by atoms with E-state index < -0.39 is 6.36 Å². The molecule has 4 rings (SSSR count). The minimum atomic E-state index is -4.78. The number of benzene rings is 2. The van der Waals surface area contributed by atoms with Gasteiger partial charge in [-0.05, 0) is 50.1 Å². The fraction of sp³-hybridized carbons (Fsp3) is 0.409. The average Bonchev–Trinajstić information content (AvgIpc) is 2.92. The van der Waals surface area contributed by atoms with Crippen LogP contribution in [-0.2, 0) is 0 Å². The molecule has 2 aromatic rings. The van der Waals surface area contributed by atoms with E-state index in [1.165, 1.54) is 18.6 Å². The maximum Gasteiger partial charge on any atom is 0.573 e. The van der Waals surface area contributed by atoms with E-state index in [2.05, 4.69) is 22.0 Å². The molecule has 2 aromatic carbocycles. The fourth-order valence-electron chi connectivity index (χ4n) is 4.38. The van der Waals surface area contributed by atoms with Crippen molar-refractivity contribution < 1.29 is 22.7 Å². The molecular weight excluding hydrogens is 395 g/mol. The average molecular weight is 419 g/mol. The number of nitrogens with zero attached hydrogens (tertiary/aromatic N) is 2. The Hall–Kier alpha value is -2.74. The number of para-hydroxylation sites is 1. The molecule has 2 fully saturated rings. The molecule has 0 radical (unpaired) electrons. The van der Waals surface area contributed by atoms with Gasteiger partial charge >= 0.3 is 12.4 Å². The molecule has 2 atom stereocenters. The number of ether oxygens (including phenoxy) is 1. The first-order valence-corrected chi connectivity index (χ1v) is 10.0. The zero-order valence-corrected chi connectivity index (χ0v) is 16.7. The Morgan fingerprint density at radius 3 is 2.63 bits per heavy atom. The molecule has 2 aliphatic heterocycles. The first-order chi connectivity index (χ1) is 14.3. The zero-order chi connectivity index (χ0) is 21.3. The second-order valence-electron chi connectivity index (χ2n) is 7.84. The smallest absolute Gasteiger partial charge is 0.405 e. The van der Waals surface area contributed by atoms with Crippen molar-refractivity contribution in [1.82, 2.24) is 9.80 Å². The van der Waals surface area contributed by atoms with Crippen LogP contribution in [0.4, 0.5) is 23.7 Å². The van der Waals surface area contributed by atoms with Crippen LogP contribution in [0, 0.1) is 0 Å². The Morgan fingerprint density at radius 1 is 1.07 bits per heavy atom. The summed E-state index contributed by atoms with van der Waals surface area (Å²) in [5.41, 5.74) is 1.36. The van der Waals surface area contributed by atoms with Gasteiger partial charge in [-0.1, -0.05) is 30.3 Å². The summed E-state index contributed by atoms with van der Waals surface area (Å²) in [5, 5.41) is 2.90. The molecule has 160 valence electrons. The van der Waals surface area contributed by atoms with E-state index in [1.54, 1.807) is 36.4 Å². The van der Waals surface area contributed by atoms with Gasteiger partial charge in [-0.25, -0.2) is 4.79 Å². The molecule has 2 bridgehead atoms. The summed E-state index contributed by atoms with van der Waals surface area (Å²) in [6.07, 6.45) is -1.56. The van der Waals surface area contributed by atoms with Crippen molar-refractivity contribution in [1.29, 1.82) is 0 Å². The molecule has 0 aliphatic carbocycles. The normalized spacial score (nSPS) is 21.9. The third kappa shape index (κ3) is 4.53. The molecule has 2 amide bonds. The number of nitrogens with one attached hydrogen (secondary N) is 1. The number of carbonyl (C=O) groups is 1. The highest BCUT2D eigenvalue weighted by molar-refractivity contribution is 5.90. The van der Waals surface area contributed by atoms with Gasteiger partial charge in [0, 0.05) is 36.4 Å². The summed E-state index contributed by atoms with van der Waals surface area (Å²) in [7, 11) is 2.12. The van der Waals surface area contributed by atoms with Gasteiger partial charge in [0.05, 0.1) is 0 Å². The number of likely N-dealkylation sites (N-methyl/N-ethyl adjacent to an activating group) is 1. The first-order valence-electron chi connectivity index (χ1n) is 10.0. The van der Waals surface area contributed by atoms with Crippen molar-refractivity contribution in [2.24, 2.45) is 0 Å². The Morgan fingerprint density at radius 2 is 1.83 bits per heavy atom. The number of likely N-dealkylation sites (tertiary alicyclic amines) is 1. The van der Waals surface area contributed by atoms with Crippen molar-refractivity contribution in [3.05, 3.63) is 48.5 Å². The summed E-state index contributed by atoms with van der Waals surface area (Å²) < 4.78 is 42.3. The summed E-state index contributed by atoms with van der Waals surface area (Å²) >= 11 is 0. The van der Waals surface area contributed by atoms with E-state index in [-0.39, 0.29) is 11.8 Å². The minimum absolute atomic E-state index is 0.187. The van der Waals surface area contributed by atoms with Crippen LogP contribution in [-0.4, -0.2) is 54.4 Å². The van der Waals surface area contributed by atoms with Gasteiger partial charge in [0.2, 0.25) is 0 Å². The van der Waals surface area contributed by atoms with Crippen molar-refractivity contribution >= 4 is 11.7 Å². The predicted octanol–water partition coefficient (Wildman–Crippen LogP) is 4.95. The molecule has 0 saturated carbocycles. The lowest BCUT2D eigenvalue weighted by Crippen LogP contribution is -2.41. The summed E-state index contributed by atoms with van der Waals surface area (Å²) in [6, 6.07) is 13.5. The predicted molar refractivity (Wildman–Crippen MR) is 108 cm³/mol. The maximum absolute atomic E-state index is 12.8. The highest BCUT2D eigenvalue weighted by Crippen LogP contribution is 2.35. The molecule has 30 heavy (non-hydrogen) atoms. The van der Waals surface area contributed by atoms with Gasteiger partial charge in [-0.3, -0.25) is 4.90 Å². The number of fused-ring (bicyclic) bond motifs is 2. The van der Waals surface area contributed by atoms with E-state index in [4.69, 9.17) is 0 Å². The molecule has 2 aliphatic rings. The van der Waals surface area contributed by atoms with Gasteiger partial charge in [0.15, 0.2) is 0 Å². The fourth-order valence-corrected chi connectivity index (χ4v) is 4.38. The lowest BCUT2D eigenvalue weighted by molar-refractivity contribution is -0.274. The molecule has 1 N–H and O–H groups in total. The largest absolute Gasteiger partial charge is 0.573 e. The van der Waals surface area contributed by atoms with Crippen LogP contribution in [0.3, 0.4) is 0 Å². The van der Waals surface area contributed by atoms with Crippen LogP contribution in [0.1, 0.15) is 19.3 Å². The number of alkyl halides is 3. The monoisotopic (exact) mass is 419 g/mol. The summed E-state index contributed by atoms with van der Waals surface area (Å²) in [5.74, 6) is -0.278. The van der Waals surface area contributed by atoms with Crippen LogP contribution in [0.25, 0.3) is 11.1 Å². The van der Waals surface area contributed by atoms with Gasteiger partial charge in [-0.15, -0.1) is 13.2 Å². The Balaban J connectivity index is 1.50. The highest BCUT2D eigenvalue weighted by atomic mass is 19.4. The number of carbonyl (C=O) groups excluding carboxylic acids is 1. The van der Waals surface area contributed by atoms with Crippen molar-refractivity contribution in [2.45, 2.75) is 37.7 Å². The first kappa shape index (κ1) is 20.5. The number of urea groups is 1. The molecule has 2 saturated heterocycles. The van der Waals surface area contributed by atoms with Crippen molar-refractivity contribution in [2.75, 3.05) is 25.5 Å². The van der Waals surface area contributed by atoms with Crippen molar-refractivity contribution in [3.63, 3.8) is 0 Å². The number of halogens is 3. The van der Waals surface area contributed by atoms with Crippen LogP contribution >= 0.6 is 0 Å². The zero-order valence-electron chi connectivity index (χ0n) is 16.7. The quantitative estimate of drug-likeness (QED) is 0.766. The van der Waals surface area contributed by atoms with Crippen LogP contribution < -0.4 is 10.1 Å². The molecule has 8 heteroatoms. The van der Waals surface area contributed by atoms with Gasteiger partial charge in [0.1, 0.15) is 5.75 Å². The van der Waals surface area contributed by atoms with Gasteiger partial charge in [0.25, 0.3) is 0 Å². The Labute approximate surface area is 173 Å². The molecule has 2 heterocycles. The Bertz CT molecular complexity index is 918. The van der Waals surface area contributed by atoms with Gasteiger partial charge < -0.3 is 15.0 Å². The number of rotatable bonds is 3. The third-order valence-corrected chi connectivity index (χ3v) is 5.97. The van der Waals surface area contributed by atoms with Crippen molar-refractivity contribution in [3.8, 4) is 16.9 Å². The molecule has 0 aromatic heterocycles. The topological polar surface area (TPSA) is 44.8 Å². The number of hydrogen-bond donors (Lipinski definition) is 1. The second kappa shape index (κ2) is 8.18. The summed E-state index contributed by atoms with van der Waals surface area (Å²) in [4.78, 5) is 17.0. The standard InChI is InChI=1S/C22H24F3N3O2/c1-27-17-9-10-18(27)14-28(12-11-17)21(29)26-16-6-4-5-15(13-16)19-7-2-3-8-20(19)30-22(23,24)25/h2-8,13,17-18H,9-12,14H2,1H3,(H,26,29). The van der Waals surface area contributed by atoms with E-state index in [0.717, 1.165) is 12.8 Å². The Kier molecular flexibility index (Phi) is 5.60. The van der Waals surface area contributed by atoms with Crippen LogP contribution in [0.2, 0.25) is 0 Å². The minimum Gasteiger partial charge on any atom is -0.405 e. The third-order valence-electron chi connectivity index (χ3n) is 5.97. The maximum atomic E-state index is 12.8. The molecule has 0 spiro atoms. The van der Waals surface area contributed by atoms with Gasteiger partial charge in [-0.2, -0.15) is 0 Å². The van der Waals surface area contributed by atoms with E-state index in [9.17, 15) is 18.0 Å². The molecular formula is C22H24F3N3O2. The second-order valence-corrected chi connectivity index (χ2v) is 7.84. The number of hydrogen-bond acceptors (Lipinski definition) is 3.